The van der Waals surface area contributed by atoms with Gasteiger partial charge in [-0.15, -0.1) is 22.7 Å². The first kappa shape index (κ1) is 32.0. The van der Waals surface area contributed by atoms with E-state index in [1.54, 1.807) is 0 Å². The minimum absolute atomic E-state index is 0.320. The lowest BCUT2D eigenvalue weighted by Gasteiger charge is -2.31. The van der Waals surface area contributed by atoms with Gasteiger partial charge in [0.25, 0.3) is 0 Å². The highest BCUT2D eigenvalue weighted by molar-refractivity contribution is 7.11. The summed E-state index contributed by atoms with van der Waals surface area (Å²) in [5.41, 5.74) is 0.320. The molecule has 2 fully saturated rings. The Hall–Kier alpha value is -2.20. The Bertz CT molecular complexity index is 1000. The molecule has 2 N–H and O–H groups in total. The molecule has 38 heavy (non-hydrogen) atoms. The van der Waals surface area contributed by atoms with Crippen molar-refractivity contribution in [3.8, 4) is 0 Å². The van der Waals surface area contributed by atoms with Crippen LogP contribution in [0, 0.1) is 12.3 Å². The Morgan fingerprint density at radius 1 is 0.947 bits per heavy atom. The lowest BCUT2D eigenvalue weighted by Crippen LogP contribution is -2.40. The Morgan fingerprint density at radius 3 is 1.97 bits per heavy atom. The van der Waals surface area contributed by atoms with Gasteiger partial charge in [0.2, 0.25) is 0 Å². The highest BCUT2D eigenvalue weighted by atomic mass is 32.1. The van der Waals surface area contributed by atoms with Crippen LogP contribution in [-0.2, 0) is 27.4 Å². The molecule has 4 heterocycles. The first-order valence-corrected chi connectivity index (χ1v) is 13.0. The largest absolute Gasteiger partial charge is 0.490 e. The molecule has 7 nitrogen and oxygen atoms in total. The zero-order valence-corrected chi connectivity index (χ0v) is 22.0. The molecule has 1 spiro atoms. The van der Waals surface area contributed by atoms with Crippen molar-refractivity contribution in [3.05, 3.63) is 44.3 Å². The van der Waals surface area contributed by atoms with E-state index in [4.69, 9.17) is 24.5 Å². The van der Waals surface area contributed by atoms with E-state index in [1.807, 2.05) is 22.7 Å². The monoisotopic (exact) mass is 590 g/mol. The minimum Gasteiger partial charge on any atom is -0.475 e. The van der Waals surface area contributed by atoms with Crippen LogP contribution in [0.4, 0.5) is 26.3 Å². The van der Waals surface area contributed by atoms with Gasteiger partial charge in [-0.3, -0.25) is 9.80 Å². The molecule has 214 valence electrons. The normalized spacial score (nSPS) is 20.7. The summed E-state index contributed by atoms with van der Waals surface area (Å²) in [6, 6.07) is 8.94. The summed E-state index contributed by atoms with van der Waals surface area (Å²) in [6.07, 6.45) is -8.90. The zero-order chi connectivity index (χ0) is 28.6. The number of hydrogen-bond donors (Lipinski definition) is 2. The fourth-order valence-electron chi connectivity index (χ4n) is 4.04. The molecular formula is C23H28F6N2O5S2. The van der Waals surface area contributed by atoms with Crippen LogP contribution in [0.2, 0.25) is 0 Å². The van der Waals surface area contributed by atoms with Crippen molar-refractivity contribution < 1.29 is 50.9 Å². The maximum absolute atomic E-state index is 10.6. The summed E-state index contributed by atoms with van der Waals surface area (Å²) in [4.78, 5) is 27.4. The van der Waals surface area contributed by atoms with E-state index >= 15 is 0 Å². The van der Waals surface area contributed by atoms with E-state index in [0.29, 0.717) is 5.41 Å². The maximum atomic E-state index is 10.6. The van der Waals surface area contributed by atoms with Gasteiger partial charge in [-0.25, -0.2) is 9.59 Å². The van der Waals surface area contributed by atoms with Crippen molar-refractivity contribution in [2.24, 2.45) is 5.41 Å². The number of nitrogens with zero attached hydrogens (tertiary/aromatic N) is 2. The summed E-state index contributed by atoms with van der Waals surface area (Å²) in [5, 5.41) is 16.4. The van der Waals surface area contributed by atoms with Crippen molar-refractivity contribution in [2.75, 3.05) is 39.4 Å². The van der Waals surface area contributed by atoms with Crippen molar-refractivity contribution >= 4 is 34.6 Å². The van der Waals surface area contributed by atoms with Gasteiger partial charge in [0.1, 0.15) is 0 Å². The third-order valence-electron chi connectivity index (χ3n) is 5.66. The van der Waals surface area contributed by atoms with Crippen LogP contribution in [0.1, 0.15) is 21.1 Å². The number of alkyl halides is 6. The van der Waals surface area contributed by atoms with Gasteiger partial charge in [-0.1, -0.05) is 6.07 Å². The second kappa shape index (κ2) is 13.7. The summed E-state index contributed by atoms with van der Waals surface area (Å²) < 4.78 is 69.5. The van der Waals surface area contributed by atoms with E-state index in [-0.39, 0.29) is 0 Å². The second-order valence-electron chi connectivity index (χ2n) is 8.92. The number of rotatable bonds is 4. The molecule has 1 atom stereocenters. The third-order valence-corrected chi connectivity index (χ3v) is 7.50. The van der Waals surface area contributed by atoms with Crippen LogP contribution in [0.25, 0.3) is 0 Å². The van der Waals surface area contributed by atoms with Crippen LogP contribution >= 0.6 is 22.7 Å². The molecule has 2 aromatic heterocycles. The fourth-order valence-corrected chi connectivity index (χ4v) is 5.72. The quantitative estimate of drug-likeness (QED) is 0.479. The van der Waals surface area contributed by atoms with E-state index in [2.05, 4.69) is 46.4 Å². The molecule has 2 aliphatic rings. The van der Waals surface area contributed by atoms with Crippen LogP contribution in [0.15, 0.2) is 29.6 Å². The van der Waals surface area contributed by atoms with Crippen molar-refractivity contribution in [1.82, 2.24) is 9.80 Å². The van der Waals surface area contributed by atoms with E-state index in [1.165, 1.54) is 40.7 Å². The molecule has 2 saturated heterocycles. The molecule has 15 heteroatoms. The van der Waals surface area contributed by atoms with Crippen molar-refractivity contribution in [3.63, 3.8) is 0 Å². The van der Waals surface area contributed by atoms with Gasteiger partial charge in [-0.05, 0) is 43.5 Å². The summed E-state index contributed by atoms with van der Waals surface area (Å²) in [7, 11) is 0. The first-order valence-electron chi connectivity index (χ1n) is 11.3. The smallest absolute Gasteiger partial charge is 0.475 e. The topological polar surface area (TPSA) is 90.3 Å². The van der Waals surface area contributed by atoms with E-state index in [9.17, 15) is 26.3 Å². The number of carboxylic acids is 2. The molecule has 0 amide bonds. The van der Waals surface area contributed by atoms with Crippen LogP contribution in [-0.4, -0.2) is 83.7 Å². The SMILES string of the molecule is Cc1ccc(CN2CCOCC3(CCN(Cc4cccs4)C3)C2)s1.O=C(O)C(F)(F)F.O=C(O)C(F)(F)F. The minimum atomic E-state index is -5.08. The Balaban J connectivity index is 0.000000301. The Morgan fingerprint density at radius 2 is 1.50 bits per heavy atom. The number of thiophene rings is 2. The van der Waals surface area contributed by atoms with Gasteiger partial charge >= 0.3 is 24.3 Å². The predicted octanol–water partition coefficient (Wildman–Crippen LogP) is 5.11. The summed E-state index contributed by atoms with van der Waals surface area (Å²) >= 11 is 3.80. The van der Waals surface area contributed by atoms with Gasteiger partial charge in [0.05, 0.1) is 13.2 Å². The lowest BCUT2D eigenvalue weighted by atomic mass is 9.87. The molecule has 0 aromatic carbocycles. The number of carbonyl (C=O) groups is 2. The van der Waals surface area contributed by atoms with Crippen molar-refractivity contribution in [1.29, 1.82) is 0 Å². The standard InChI is InChI=1S/C19H26N2OS2.2C2HF3O2/c1-16-4-5-18(24-16)12-21-8-9-22-15-19(14-21)6-7-20(13-19)11-17-3-2-10-23-17;2*3-2(4,5)1(6)7/h2-5,10H,6-9,11-15H2,1H3;2*(H,6,7). The highest BCUT2D eigenvalue weighted by Crippen LogP contribution is 2.35. The lowest BCUT2D eigenvalue weighted by molar-refractivity contribution is -0.193. The third kappa shape index (κ3) is 10.9. The molecule has 1 unspecified atom stereocenters. The number of hydrogen-bond acceptors (Lipinski definition) is 7. The number of aryl methyl sites for hydroxylation is 1. The van der Waals surface area contributed by atoms with Gasteiger partial charge in [0, 0.05) is 52.8 Å². The summed E-state index contributed by atoms with van der Waals surface area (Å²) in [5.74, 6) is -5.51. The van der Waals surface area contributed by atoms with Crippen molar-refractivity contribution in [2.45, 2.75) is 38.8 Å². The Kier molecular flexibility index (Phi) is 11.6. The van der Waals surface area contributed by atoms with Crippen LogP contribution in [0.5, 0.6) is 0 Å². The average Bonchev–Trinajstić information content (AvgIpc) is 3.51. The molecule has 0 bridgehead atoms. The molecule has 4 rings (SSSR count). The molecule has 0 saturated carbocycles. The van der Waals surface area contributed by atoms with Gasteiger partial charge in [0.15, 0.2) is 0 Å². The molecular weight excluding hydrogens is 562 g/mol. The molecule has 0 aliphatic carbocycles. The number of ether oxygens (including phenoxy) is 1. The average molecular weight is 591 g/mol. The number of halogens is 6. The van der Waals surface area contributed by atoms with E-state index in [0.717, 1.165) is 32.8 Å². The zero-order valence-electron chi connectivity index (χ0n) is 20.3. The summed E-state index contributed by atoms with van der Waals surface area (Å²) in [6.45, 7) is 10.8. The predicted molar refractivity (Wildman–Crippen MR) is 129 cm³/mol. The van der Waals surface area contributed by atoms with Gasteiger partial charge in [-0.2, -0.15) is 26.3 Å². The molecule has 2 aromatic rings. The van der Waals surface area contributed by atoms with Crippen LogP contribution in [0.3, 0.4) is 0 Å². The highest BCUT2D eigenvalue weighted by Gasteiger charge is 2.41. The first-order chi connectivity index (χ1) is 17.6. The molecule has 0 radical (unpaired) electrons. The Labute approximate surface area is 223 Å². The maximum Gasteiger partial charge on any atom is 0.490 e. The number of likely N-dealkylation sites (tertiary alicyclic amines) is 1. The van der Waals surface area contributed by atoms with Crippen LogP contribution < -0.4 is 0 Å². The van der Waals surface area contributed by atoms with E-state index < -0.39 is 24.3 Å². The number of aliphatic carboxylic acids is 2. The second-order valence-corrected chi connectivity index (χ2v) is 11.3. The fraction of sp³-hybridized carbons (Fsp3) is 0.565. The van der Waals surface area contributed by atoms with Gasteiger partial charge < -0.3 is 14.9 Å². The molecule has 2 aliphatic heterocycles. The number of carboxylic acid groups (broad SMARTS) is 2.